The lowest BCUT2D eigenvalue weighted by molar-refractivity contribution is -0.0691. The van der Waals surface area contributed by atoms with Crippen molar-refractivity contribution < 1.29 is 4.74 Å². The zero-order valence-corrected chi connectivity index (χ0v) is 13.7. The van der Waals surface area contributed by atoms with E-state index in [4.69, 9.17) is 4.74 Å². The molecule has 1 N–H and O–H groups in total. The van der Waals surface area contributed by atoms with Gasteiger partial charge in [-0.05, 0) is 44.2 Å². The van der Waals surface area contributed by atoms with Crippen LogP contribution in [-0.4, -0.2) is 25.3 Å². The van der Waals surface area contributed by atoms with Gasteiger partial charge in [-0.15, -0.1) is 0 Å². The molecule has 1 atom stereocenters. The Bertz CT molecular complexity index is 384. The molecule has 0 spiro atoms. The molecule has 1 unspecified atom stereocenters. The molecule has 118 valence electrons. The molecule has 0 bridgehead atoms. The SMILES string of the molecule is CCCNC(CCc1ccccc1)C1(OC)CCCCC1. The highest BCUT2D eigenvalue weighted by molar-refractivity contribution is 5.15. The van der Waals surface area contributed by atoms with Crippen molar-refractivity contribution in [2.24, 2.45) is 0 Å². The van der Waals surface area contributed by atoms with Gasteiger partial charge in [0.05, 0.1) is 5.60 Å². The van der Waals surface area contributed by atoms with Crippen LogP contribution in [0.1, 0.15) is 57.4 Å². The summed E-state index contributed by atoms with van der Waals surface area (Å²) in [4.78, 5) is 0. The monoisotopic (exact) mass is 289 g/mol. The Morgan fingerprint density at radius 1 is 1.14 bits per heavy atom. The highest BCUT2D eigenvalue weighted by Gasteiger charge is 2.39. The van der Waals surface area contributed by atoms with E-state index in [1.165, 1.54) is 44.1 Å². The highest BCUT2D eigenvalue weighted by atomic mass is 16.5. The van der Waals surface area contributed by atoms with E-state index in [-0.39, 0.29) is 5.60 Å². The normalized spacial score (nSPS) is 19.3. The van der Waals surface area contributed by atoms with E-state index in [2.05, 4.69) is 42.6 Å². The topological polar surface area (TPSA) is 21.3 Å². The number of benzene rings is 1. The smallest absolute Gasteiger partial charge is 0.0831 e. The molecule has 1 fully saturated rings. The van der Waals surface area contributed by atoms with Crippen LogP contribution in [0.4, 0.5) is 0 Å². The highest BCUT2D eigenvalue weighted by Crippen LogP contribution is 2.35. The first-order chi connectivity index (χ1) is 10.3. The first-order valence-corrected chi connectivity index (χ1v) is 8.63. The molecule has 0 amide bonds. The standard InChI is InChI=1S/C19H31NO/c1-3-16-20-18(13-12-17-10-6-4-7-11-17)19(21-2)14-8-5-9-15-19/h4,6-7,10-11,18,20H,3,5,8-9,12-16H2,1-2H3. The van der Waals surface area contributed by atoms with Crippen LogP contribution in [-0.2, 0) is 11.2 Å². The van der Waals surface area contributed by atoms with Crippen LogP contribution in [0.5, 0.6) is 0 Å². The molecule has 0 saturated heterocycles. The van der Waals surface area contributed by atoms with Crippen LogP contribution < -0.4 is 5.32 Å². The van der Waals surface area contributed by atoms with E-state index in [9.17, 15) is 0 Å². The lowest BCUT2D eigenvalue weighted by atomic mass is 9.77. The third kappa shape index (κ3) is 4.55. The number of hydrogen-bond acceptors (Lipinski definition) is 2. The largest absolute Gasteiger partial charge is 0.377 e. The van der Waals surface area contributed by atoms with Gasteiger partial charge < -0.3 is 10.1 Å². The van der Waals surface area contributed by atoms with Crippen LogP contribution in [0.3, 0.4) is 0 Å². The van der Waals surface area contributed by atoms with Gasteiger partial charge in [0.25, 0.3) is 0 Å². The van der Waals surface area contributed by atoms with Gasteiger partial charge in [0.2, 0.25) is 0 Å². The fraction of sp³-hybridized carbons (Fsp3) is 0.684. The molecule has 0 heterocycles. The van der Waals surface area contributed by atoms with Gasteiger partial charge in [-0.1, -0.05) is 56.5 Å². The molecule has 2 heteroatoms. The average Bonchev–Trinajstić information content (AvgIpc) is 2.56. The van der Waals surface area contributed by atoms with Crippen molar-refractivity contribution in [1.29, 1.82) is 0 Å². The lowest BCUT2D eigenvalue weighted by Gasteiger charge is -2.43. The number of aryl methyl sites for hydroxylation is 1. The molecule has 1 aliphatic carbocycles. The molecule has 1 aromatic rings. The fourth-order valence-corrected chi connectivity index (χ4v) is 3.67. The van der Waals surface area contributed by atoms with E-state index >= 15 is 0 Å². The Morgan fingerprint density at radius 2 is 1.86 bits per heavy atom. The van der Waals surface area contributed by atoms with E-state index in [0.717, 1.165) is 19.4 Å². The van der Waals surface area contributed by atoms with Crippen LogP contribution in [0.2, 0.25) is 0 Å². The summed E-state index contributed by atoms with van der Waals surface area (Å²) < 4.78 is 6.06. The van der Waals surface area contributed by atoms with Crippen molar-refractivity contribution in [3.8, 4) is 0 Å². The molecule has 2 nitrogen and oxygen atoms in total. The maximum Gasteiger partial charge on any atom is 0.0831 e. The van der Waals surface area contributed by atoms with E-state index in [1.807, 2.05) is 7.11 Å². The Balaban J connectivity index is 2.01. The zero-order valence-electron chi connectivity index (χ0n) is 13.7. The maximum atomic E-state index is 6.06. The summed E-state index contributed by atoms with van der Waals surface area (Å²) in [6.45, 7) is 3.33. The van der Waals surface area contributed by atoms with Gasteiger partial charge in [0, 0.05) is 13.2 Å². The first-order valence-electron chi connectivity index (χ1n) is 8.63. The average molecular weight is 289 g/mol. The number of ether oxygens (including phenoxy) is 1. The minimum Gasteiger partial charge on any atom is -0.377 e. The minimum absolute atomic E-state index is 0.0577. The third-order valence-corrected chi connectivity index (χ3v) is 4.95. The van der Waals surface area contributed by atoms with Crippen LogP contribution in [0.15, 0.2) is 30.3 Å². The van der Waals surface area contributed by atoms with Gasteiger partial charge in [-0.3, -0.25) is 0 Å². The molecule has 1 aliphatic rings. The second-order valence-electron chi connectivity index (χ2n) is 6.36. The lowest BCUT2D eigenvalue weighted by Crippen LogP contribution is -2.53. The predicted octanol–water partition coefficient (Wildman–Crippen LogP) is 4.34. The molecular weight excluding hydrogens is 258 g/mol. The van der Waals surface area contributed by atoms with Crippen molar-refractivity contribution >= 4 is 0 Å². The van der Waals surface area contributed by atoms with Crippen molar-refractivity contribution in [3.05, 3.63) is 35.9 Å². The Morgan fingerprint density at radius 3 is 2.48 bits per heavy atom. The maximum absolute atomic E-state index is 6.06. The Labute approximate surface area is 130 Å². The Hall–Kier alpha value is -0.860. The quantitative estimate of drug-likeness (QED) is 0.769. The molecule has 0 radical (unpaired) electrons. The summed E-state index contributed by atoms with van der Waals surface area (Å²) >= 11 is 0. The molecule has 2 rings (SSSR count). The van der Waals surface area contributed by atoms with Crippen molar-refractivity contribution in [2.45, 2.75) is 69.9 Å². The summed E-state index contributed by atoms with van der Waals surface area (Å²) in [5, 5.41) is 3.78. The van der Waals surface area contributed by atoms with E-state index < -0.39 is 0 Å². The molecule has 1 saturated carbocycles. The molecule has 0 aliphatic heterocycles. The summed E-state index contributed by atoms with van der Waals surface area (Å²) in [7, 11) is 1.91. The number of nitrogens with one attached hydrogen (secondary N) is 1. The van der Waals surface area contributed by atoms with Crippen molar-refractivity contribution in [3.63, 3.8) is 0 Å². The van der Waals surface area contributed by atoms with Gasteiger partial charge in [0.15, 0.2) is 0 Å². The molecule has 0 aromatic heterocycles. The zero-order chi connectivity index (χ0) is 15.0. The van der Waals surface area contributed by atoms with Crippen LogP contribution in [0, 0.1) is 0 Å². The number of hydrogen-bond donors (Lipinski definition) is 1. The summed E-state index contributed by atoms with van der Waals surface area (Å²) in [5.41, 5.74) is 1.49. The fourth-order valence-electron chi connectivity index (χ4n) is 3.67. The summed E-state index contributed by atoms with van der Waals surface area (Å²) in [6, 6.07) is 11.3. The van der Waals surface area contributed by atoms with Crippen LogP contribution >= 0.6 is 0 Å². The minimum atomic E-state index is 0.0577. The van der Waals surface area contributed by atoms with E-state index in [1.54, 1.807) is 0 Å². The molecule has 1 aromatic carbocycles. The van der Waals surface area contributed by atoms with Gasteiger partial charge in [0.1, 0.15) is 0 Å². The first kappa shape index (κ1) is 16.5. The molecule has 21 heavy (non-hydrogen) atoms. The Kier molecular flexibility index (Phi) is 6.72. The van der Waals surface area contributed by atoms with E-state index in [0.29, 0.717) is 6.04 Å². The second-order valence-corrected chi connectivity index (χ2v) is 6.36. The van der Waals surface area contributed by atoms with Crippen molar-refractivity contribution in [1.82, 2.24) is 5.32 Å². The third-order valence-electron chi connectivity index (χ3n) is 4.95. The number of rotatable bonds is 8. The predicted molar refractivity (Wildman–Crippen MR) is 89.7 cm³/mol. The summed E-state index contributed by atoms with van der Waals surface area (Å²) in [5.74, 6) is 0. The van der Waals surface area contributed by atoms with Crippen LogP contribution in [0.25, 0.3) is 0 Å². The van der Waals surface area contributed by atoms with Gasteiger partial charge in [-0.25, -0.2) is 0 Å². The van der Waals surface area contributed by atoms with Gasteiger partial charge >= 0.3 is 0 Å². The number of methoxy groups -OCH3 is 1. The van der Waals surface area contributed by atoms with Crippen molar-refractivity contribution in [2.75, 3.05) is 13.7 Å². The molecular formula is C19H31NO. The second kappa shape index (κ2) is 8.55. The summed E-state index contributed by atoms with van der Waals surface area (Å²) in [6.07, 6.45) is 9.88. The van der Waals surface area contributed by atoms with Gasteiger partial charge in [-0.2, -0.15) is 0 Å².